The lowest BCUT2D eigenvalue weighted by Gasteiger charge is -2.10. The molecule has 2 heterocycles. The van der Waals surface area contributed by atoms with Crippen LogP contribution in [0.4, 0.5) is 5.95 Å². The number of nitrogens with zero attached hydrogens (tertiary/aromatic N) is 4. The second-order valence-corrected chi connectivity index (χ2v) is 5.78. The molecule has 0 saturated carbocycles. The molecule has 0 spiro atoms. The standard InChI is InChI=1S/C17H14ClN5/c1-11-21-22-16-14-8-7-13(18)9-15(14)20-17(23(11)16)19-10-12-5-3-2-4-6-12/h2-9H,10H2,1H3,(H,19,20). The van der Waals surface area contributed by atoms with Gasteiger partial charge in [0.05, 0.1) is 5.52 Å². The van der Waals surface area contributed by atoms with Crippen LogP contribution in [0.25, 0.3) is 16.6 Å². The van der Waals surface area contributed by atoms with Gasteiger partial charge in [0.15, 0.2) is 5.65 Å². The smallest absolute Gasteiger partial charge is 0.211 e. The highest BCUT2D eigenvalue weighted by Crippen LogP contribution is 2.24. The highest BCUT2D eigenvalue weighted by molar-refractivity contribution is 6.31. The van der Waals surface area contributed by atoms with Crippen LogP contribution in [-0.4, -0.2) is 19.6 Å². The molecule has 0 bridgehead atoms. The normalized spacial score (nSPS) is 11.2. The lowest BCUT2D eigenvalue weighted by molar-refractivity contribution is 0.969. The highest BCUT2D eigenvalue weighted by atomic mass is 35.5. The van der Waals surface area contributed by atoms with E-state index >= 15 is 0 Å². The Morgan fingerprint density at radius 1 is 1.09 bits per heavy atom. The van der Waals surface area contributed by atoms with Gasteiger partial charge in [0.1, 0.15) is 5.82 Å². The van der Waals surface area contributed by atoms with E-state index < -0.39 is 0 Å². The number of aryl methyl sites for hydroxylation is 1. The lowest BCUT2D eigenvalue weighted by atomic mass is 10.2. The van der Waals surface area contributed by atoms with Crippen LogP contribution in [0.3, 0.4) is 0 Å². The van der Waals surface area contributed by atoms with Crippen LogP contribution in [0.5, 0.6) is 0 Å². The third-order valence-corrected chi connectivity index (χ3v) is 3.99. The number of anilines is 1. The zero-order chi connectivity index (χ0) is 15.8. The zero-order valence-corrected chi connectivity index (χ0v) is 13.2. The SMILES string of the molecule is Cc1nnc2c3ccc(Cl)cc3nc(NCc3ccccc3)n12. The van der Waals surface area contributed by atoms with Gasteiger partial charge in [-0.3, -0.25) is 0 Å². The quantitative estimate of drug-likeness (QED) is 0.622. The molecule has 6 heteroatoms. The van der Waals surface area contributed by atoms with Gasteiger partial charge < -0.3 is 5.32 Å². The third kappa shape index (κ3) is 2.49. The van der Waals surface area contributed by atoms with Crippen LogP contribution in [0.1, 0.15) is 11.4 Å². The lowest BCUT2D eigenvalue weighted by Crippen LogP contribution is -2.08. The summed E-state index contributed by atoms with van der Waals surface area (Å²) in [5, 5.41) is 13.4. The van der Waals surface area contributed by atoms with E-state index in [1.165, 1.54) is 5.56 Å². The van der Waals surface area contributed by atoms with Crippen molar-refractivity contribution in [1.29, 1.82) is 0 Å². The minimum atomic E-state index is 0.652. The topological polar surface area (TPSA) is 55.1 Å². The van der Waals surface area contributed by atoms with Crippen molar-refractivity contribution in [2.24, 2.45) is 0 Å². The number of fused-ring (bicyclic) bond motifs is 3. The molecular weight excluding hydrogens is 310 g/mol. The van der Waals surface area contributed by atoms with Crippen molar-refractivity contribution in [1.82, 2.24) is 19.6 Å². The average Bonchev–Trinajstić information content (AvgIpc) is 2.95. The van der Waals surface area contributed by atoms with Gasteiger partial charge in [0.2, 0.25) is 5.95 Å². The summed E-state index contributed by atoms with van der Waals surface area (Å²) in [6.07, 6.45) is 0. The molecule has 0 fully saturated rings. The molecule has 114 valence electrons. The third-order valence-electron chi connectivity index (χ3n) is 3.76. The Morgan fingerprint density at radius 2 is 1.91 bits per heavy atom. The first-order chi connectivity index (χ1) is 11.2. The fraction of sp³-hybridized carbons (Fsp3) is 0.118. The van der Waals surface area contributed by atoms with Gasteiger partial charge in [-0.25, -0.2) is 9.38 Å². The van der Waals surface area contributed by atoms with Crippen LogP contribution in [0, 0.1) is 6.92 Å². The maximum Gasteiger partial charge on any atom is 0.211 e. The summed E-state index contributed by atoms with van der Waals surface area (Å²) < 4.78 is 1.93. The first-order valence-electron chi connectivity index (χ1n) is 7.31. The summed E-state index contributed by atoms with van der Waals surface area (Å²) >= 11 is 6.10. The van der Waals surface area contributed by atoms with E-state index in [0.717, 1.165) is 22.4 Å². The van der Waals surface area contributed by atoms with Crippen LogP contribution in [0.15, 0.2) is 48.5 Å². The van der Waals surface area contributed by atoms with Crippen molar-refractivity contribution in [2.75, 3.05) is 5.32 Å². The van der Waals surface area contributed by atoms with Crippen molar-refractivity contribution in [3.8, 4) is 0 Å². The van der Waals surface area contributed by atoms with Crippen LogP contribution >= 0.6 is 11.6 Å². The molecule has 23 heavy (non-hydrogen) atoms. The summed E-state index contributed by atoms with van der Waals surface area (Å²) in [7, 11) is 0. The Balaban J connectivity index is 1.84. The van der Waals surface area contributed by atoms with Gasteiger partial charge in [-0.15, -0.1) is 10.2 Å². The van der Waals surface area contributed by atoms with Crippen LogP contribution < -0.4 is 5.32 Å². The Bertz CT molecular complexity index is 994. The molecule has 1 N–H and O–H groups in total. The Kier molecular flexibility index (Phi) is 3.35. The Hall–Kier alpha value is -2.66. The number of nitrogens with one attached hydrogen (secondary N) is 1. The Labute approximate surface area is 137 Å². The fourth-order valence-electron chi connectivity index (χ4n) is 2.64. The summed E-state index contributed by atoms with van der Waals surface area (Å²) in [5.74, 6) is 1.50. The van der Waals surface area contributed by atoms with Crippen molar-refractivity contribution in [3.05, 3.63) is 64.9 Å². The van der Waals surface area contributed by atoms with E-state index in [-0.39, 0.29) is 0 Å². The summed E-state index contributed by atoms with van der Waals surface area (Å²) in [6, 6.07) is 15.8. The van der Waals surface area contributed by atoms with Gasteiger partial charge in [0.25, 0.3) is 0 Å². The molecule has 0 amide bonds. The first kappa shape index (κ1) is 14.0. The van der Waals surface area contributed by atoms with Gasteiger partial charge in [-0.05, 0) is 30.7 Å². The number of benzene rings is 2. The molecule has 5 nitrogen and oxygen atoms in total. The van der Waals surface area contributed by atoms with Crippen molar-refractivity contribution in [2.45, 2.75) is 13.5 Å². The predicted molar refractivity (Wildman–Crippen MR) is 91.8 cm³/mol. The summed E-state index contributed by atoms with van der Waals surface area (Å²) in [5.41, 5.74) is 2.76. The summed E-state index contributed by atoms with van der Waals surface area (Å²) in [6.45, 7) is 2.59. The zero-order valence-electron chi connectivity index (χ0n) is 12.5. The minimum absolute atomic E-state index is 0.652. The molecule has 0 aliphatic carbocycles. The maximum atomic E-state index is 6.10. The second-order valence-electron chi connectivity index (χ2n) is 5.34. The number of aromatic nitrogens is 4. The molecular formula is C17H14ClN5. The van der Waals surface area contributed by atoms with Crippen LogP contribution in [-0.2, 0) is 6.54 Å². The first-order valence-corrected chi connectivity index (χ1v) is 7.69. The molecule has 0 aliphatic rings. The van der Waals surface area contributed by atoms with Gasteiger partial charge >= 0.3 is 0 Å². The predicted octanol–water partition coefficient (Wildman–Crippen LogP) is 3.85. The molecule has 2 aromatic carbocycles. The van der Waals surface area contributed by atoms with Crippen LogP contribution in [0.2, 0.25) is 5.02 Å². The highest BCUT2D eigenvalue weighted by Gasteiger charge is 2.12. The van der Waals surface area contributed by atoms with E-state index in [9.17, 15) is 0 Å². The molecule has 0 radical (unpaired) electrons. The maximum absolute atomic E-state index is 6.10. The van der Waals surface area contributed by atoms with Crippen molar-refractivity contribution in [3.63, 3.8) is 0 Å². The van der Waals surface area contributed by atoms with Gasteiger partial charge in [-0.1, -0.05) is 41.9 Å². The second kappa shape index (κ2) is 5.52. The van der Waals surface area contributed by atoms with E-state index in [1.54, 1.807) is 0 Å². The van der Waals surface area contributed by atoms with E-state index in [1.807, 2.05) is 47.7 Å². The number of hydrogen-bond donors (Lipinski definition) is 1. The van der Waals surface area contributed by atoms with E-state index in [0.29, 0.717) is 17.5 Å². The molecule has 0 saturated heterocycles. The molecule has 4 rings (SSSR count). The molecule has 0 unspecified atom stereocenters. The number of hydrogen-bond acceptors (Lipinski definition) is 4. The average molecular weight is 324 g/mol. The molecule has 0 aliphatic heterocycles. The van der Waals surface area contributed by atoms with Gasteiger partial charge in [-0.2, -0.15) is 0 Å². The monoisotopic (exact) mass is 323 g/mol. The van der Waals surface area contributed by atoms with E-state index in [4.69, 9.17) is 16.6 Å². The van der Waals surface area contributed by atoms with Crippen molar-refractivity contribution >= 4 is 34.1 Å². The molecule has 4 aromatic rings. The fourth-order valence-corrected chi connectivity index (χ4v) is 2.80. The van der Waals surface area contributed by atoms with Crippen molar-refractivity contribution < 1.29 is 0 Å². The van der Waals surface area contributed by atoms with Gasteiger partial charge in [0, 0.05) is 17.0 Å². The molecule has 0 atom stereocenters. The largest absolute Gasteiger partial charge is 0.351 e. The Morgan fingerprint density at radius 3 is 2.74 bits per heavy atom. The van der Waals surface area contributed by atoms with E-state index in [2.05, 4.69) is 27.6 Å². The number of rotatable bonds is 3. The minimum Gasteiger partial charge on any atom is -0.351 e. The number of halogens is 1. The summed E-state index contributed by atoms with van der Waals surface area (Å²) in [4.78, 5) is 4.70. The molecule has 2 aromatic heterocycles.